The number of aliphatic hydroxyl groups is 11. The smallest absolute Gasteiger partial charge is 0.220 e. The van der Waals surface area contributed by atoms with Crippen molar-refractivity contribution in [2.75, 3.05) is 26.4 Å². The van der Waals surface area contributed by atoms with E-state index in [1.165, 1.54) is 6.08 Å². The van der Waals surface area contributed by atoms with Crippen molar-refractivity contribution >= 4 is 5.91 Å². The van der Waals surface area contributed by atoms with Crippen molar-refractivity contribution in [3.63, 3.8) is 0 Å². The molecule has 3 rings (SSSR count). The van der Waals surface area contributed by atoms with E-state index in [1.54, 1.807) is 6.08 Å². The molecular formula is C36H61NO18. The molecule has 3 heterocycles. The van der Waals surface area contributed by atoms with E-state index in [0.717, 1.165) is 19.3 Å². The first kappa shape index (κ1) is 47.4. The van der Waals surface area contributed by atoms with E-state index in [2.05, 4.69) is 17.5 Å². The van der Waals surface area contributed by atoms with Gasteiger partial charge >= 0.3 is 0 Å². The summed E-state index contributed by atoms with van der Waals surface area (Å²) in [5.41, 5.74) is 0. The largest absolute Gasteiger partial charge is 0.394 e. The Bertz CT molecular complexity index is 1190. The van der Waals surface area contributed by atoms with Crippen LogP contribution in [-0.2, 0) is 33.2 Å². The molecule has 0 aromatic heterocycles. The zero-order valence-corrected chi connectivity index (χ0v) is 31.1. The molecule has 0 radical (unpaired) electrons. The molecule has 0 aromatic rings. The number of carbonyl (C=O) groups is 1. The summed E-state index contributed by atoms with van der Waals surface area (Å²) in [5, 5.41) is 118. The van der Waals surface area contributed by atoms with Crippen LogP contribution in [0.2, 0.25) is 0 Å². The Morgan fingerprint density at radius 2 is 1.13 bits per heavy atom. The number of nitrogens with one attached hydrogen (secondary N) is 1. The Balaban J connectivity index is 1.63. The fraction of sp³-hybridized carbons (Fsp3) is 0.806. The van der Waals surface area contributed by atoms with Crippen LogP contribution in [0.4, 0.5) is 0 Å². The summed E-state index contributed by atoms with van der Waals surface area (Å²) in [5.74, 6) is -0.352. The first-order chi connectivity index (χ1) is 26.3. The van der Waals surface area contributed by atoms with Gasteiger partial charge in [-0.25, -0.2) is 0 Å². The minimum absolute atomic E-state index is 0.180. The maximum atomic E-state index is 12.5. The third-order valence-electron chi connectivity index (χ3n) is 9.48. The van der Waals surface area contributed by atoms with Gasteiger partial charge in [-0.05, 0) is 39.0 Å². The number of amides is 1. The van der Waals surface area contributed by atoms with Gasteiger partial charge in [0.25, 0.3) is 0 Å². The van der Waals surface area contributed by atoms with Gasteiger partial charge < -0.3 is 89.9 Å². The molecule has 0 saturated carbocycles. The molecule has 12 N–H and O–H groups in total. The van der Waals surface area contributed by atoms with E-state index in [-0.39, 0.29) is 18.9 Å². The van der Waals surface area contributed by atoms with E-state index in [0.29, 0.717) is 12.8 Å². The summed E-state index contributed by atoms with van der Waals surface area (Å²) >= 11 is 0. The van der Waals surface area contributed by atoms with Crippen LogP contribution in [0.15, 0.2) is 36.5 Å². The second-order valence-electron chi connectivity index (χ2n) is 13.7. The maximum absolute atomic E-state index is 12.5. The number of hydrogen-bond donors (Lipinski definition) is 12. The van der Waals surface area contributed by atoms with Crippen LogP contribution in [0.25, 0.3) is 0 Å². The number of aliphatic hydroxyl groups excluding tert-OH is 11. The Labute approximate surface area is 320 Å². The SMILES string of the molecule is C/C=C/CC/C=C/CC/C=C/C(O)C(COC1OC(CO)C(OC2OC(CO)C(OC3OC(CO)C(O)C(O)C3O)C(O)C2O)C(O)C1O)NC(=O)CCC. The molecule has 0 spiro atoms. The third-order valence-corrected chi connectivity index (χ3v) is 9.48. The highest BCUT2D eigenvalue weighted by atomic mass is 16.8. The van der Waals surface area contributed by atoms with E-state index in [1.807, 2.05) is 26.0 Å². The third kappa shape index (κ3) is 13.3. The Morgan fingerprint density at radius 1 is 0.655 bits per heavy atom. The van der Waals surface area contributed by atoms with Gasteiger partial charge in [0.1, 0.15) is 73.2 Å². The number of rotatable bonds is 21. The average molecular weight is 796 g/mol. The molecule has 19 heteroatoms. The molecule has 19 nitrogen and oxygen atoms in total. The summed E-state index contributed by atoms with van der Waals surface area (Å²) in [4.78, 5) is 12.5. The number of ether oxygens (including phenoxy) is 6. The van der Waals surface area contributed by atoms with Crippen LogP contribution in [0, 0.1) is 0 Å². The van der Waals surface area contributed by atoms with Gasteiger partial charge in [0.15, 0.2) is 18.9 Å². The zero-order valence-electron chi connectivity index (χ0n) is 31.1. The number of hydrogen-bond acceptors (Lipinski definition) is 18. The van der Waals surface area contributed by atoms with Gasteiger partial charge in [-0.1, -0.05) is 43.4 Å². The van der Waals surface area contributed by atoms with Crippen molar-refractivity contribution in [2.24, 2.45) is 0 Å². The maximum Gasteiger partial charge on any atom is 0.220 e. The molecule has 1 amide bonds. The van der Waals surface area contributed by atoms with Gasteiger partial charge in [0, 0.05) is 6.42 Å². The molecule has 3 aliphatic heterocycles. The first-order valence-corrected chi connectivity index (χ1v) is 18.7. The monoisotopic (exact) mass is 795 g/mol. The molecule has 0 bridgehead atoms. The lowest BCUT2D eigenvalue weighted by Crippen LogP contribution is -2.66. The van der Waals surface area contributed by atoms with E-state index in [4.69, 9.17) is 28.4 Å². The first-order valence-electron chi connectivity index (χ1n) is 18.7. The summed E-state index contributed by atoms with van der Waals surface area (Å²) in [6, 6.07) is -0.984. The molecule has 0 aliphatic carbocycles. The van der Waals surface area contributed by atoms with Gasteiger partial charge in [0.2, 0.25) is 5.91 Å². The van der Waals surface area contributed by atoms with Crippen molar-refractivity contribution in [3.05, 3.63) is 36.5 Å². The fourth-order valence-electron chi connectivity index (χ4n) is 6.27. The predicted octanol–water partition coefficient (Wildman–Crippen LogP) is -3.65. The quantitative estimate of drug-likeness (QED) is 0.0394. The molecule has 0 aromatic carbocycles. The van der Waals surface area contributed by atoms with Crippen LogP contribution in [0.3, 0.4) is 0 Å². The van der Waals surface area contributed by atoms with Crippen LogP contribution >= 0.6 is 0 Å². The number of allylic oxidation sites excluding steroid dienone is 5. The zero-order chi connectivity index (χ0) is 40.7. The van der Waals surface area contributed by atoms with Crippen molar-refractivity contribution in [1.29, 1.82) is 0 Å². The lowest BCUT2D eigenvalue weighted by molar-refractivity contribution is -0.379. The standard InChI is InChI=1S/C36H61NO18/c1-3-5-6-7-8-9-10-11-12-14-20(41)19(37-24(42)13-4-2)18-50-34-30(48)27(45)32(22(16-39)52-34)55-36-31(49)28(46)33(23(17-40)53-36)54-35-29(47)26(44)25(43)21(15-38)51-35/h3,5,8-9,12,14,19-23,25-36,38-41,43-49H,4,6-7,10-11,13,15-18H2,1-2H3,(H,37,42)/b5-3+,9-8+,14-12+. The predicted molar refractivity (Wildman–Crippen MR) is 189 cm³/mol. The normalized spacial score (nSPS) is 38.5. The minimum Gasteiger partial charge on any atom is -0.394 e. The fourth-order valence-corrected chi connectivity index (χ4v) is 6.27. The number of carbonyl (C=O) groups excluding carboxylic acids is 1. The molecule has 3 aliphatic rings. The number of unbranched alkanes of at least 4 members (excludes halogenated alkanes) is 2. The molecule has 318 valence electrons. The van der Waals surface area contributed by atoms with E-state index >= 15 is 0 Å². The summed E-state index contributed by atoms with van der Waals surface area (Å²) < 4.78 is 33.5. The highest BCUT2D eigenvalue weighted by Gasteiger charge is 2.53. The Morgan fingerprint density at radius 3 is 1.65 bits per heavy atom. The van der Waals surface area contributed by atoms with Gasteiger partial charge in [-0.2, -0.15) is 0 Å². The van der Waals surface area contributed by atoms with Gasteiger partial charge in [-0.3, -0.25) is 4.79 Å². The molecule has 17 unspecified atom stereocenters. The highest BCUT2D eigenvalue weighted by Crippen LogP contribution is 2.32. The minimum atomic E-state index is -1.98. The van der Waals surface area contributed by atoms with Crippen LogP contribution in [-0.4, -0.2) is 193 Å². The average Bonchev–Trinajstić information content (AvgIpc) is 3.17. The van der Waals surface area contributed by atoms with Crippen molar-refractivity contribution < 1.29 is 89.4 Å². The van der Waals surface area contributed by atoms with E-state index in [9.17, 15) is 61.0 Å². The molecule has 17 atom stereocenters. The molecular weight excluding hydrogens is 734 g/mol. The summed E-state index contributed by atoms with van der Waals surface area (Å²) in [6.07, 6.45) is -11.4. The van der Waals surface area contributed by atoms with Gasteiger partial charge in [-0.15, -0.1) is 0 Å². The van der Waals surface area contributed by atoms with Crippen LogP contribution in [0.5, 0.6) is 0 Å². The Kier molecular flexibility index (Phi) is 20.7. The lowest BCUT2D eigenvalue weighted by atomic mass is 9.96. The topological polar surface area (TPSA) is 307 Å². The molecule has 3 saturated heterocycles. The van der Waals surface area contributed by atoms with E-state index < -0.39 is 124 Å². The van der Waals surface area contributed by atoms with Crippen molar-refractivity contribution in [3.8, 4) is 0 Å². The van der Waals surface area contributed by atoms with Crippen LogP contribution in [0.1, 0.15) is 52.4 Å². The second kappa shape index (κ2) is 24.1. The van der Waals surface area contributed by atoms with Gasteiger partial charge in [0.05, 0.1) is 38.6 Å². The molecule has 55 heavy (non-hydrogen) atoms. The lowest BCUT2D eigenvalue weighted by Gasteiger charge is -2.48. The summed E-state index contributed by atoms with van der Waals surface area (Å²) in [6.45, 7) is 0.964. The van der Waals surface area contributed by atoms with Crippen molar-refractivity contribution in [2.45, 2.75) is 157 Å². The summed E-state index contributed by atoms with van der Waals surface area (Å²) in [7, 11) is 0. The second-order valence-corrected chi connectivity index (χ2v) is 13.7. The highest BCUT2D eigenvalue weighted by molar-refractivity contribution is 5.76. The van der Waals surface area contributed by atoms with Crippen molar-refractivity contribution in [1.82, 2.24) is 5.32 Å². The Hall–Kier alpha value is -1.99. The van der Waals surface area contributed by atoms with Crippen LogP contribution < -0.4 is 5.32 Å². The molecule has 3 fully saturated rings.